The molecule has 0 saturated heterocycles. The molecule has 0 unspecified atom stereocenters. The van der Waals surface area contributed by atoms with Crippen LogP contribution < -0.4 is 0 Å². The molecule has 1 saturated carbocycles. The van der Waals surface area contributed by atoms with Crippen LogP contribution in [0.3, 0.4) is 0 Å². The number of benzene rings is 1. The lowest BCUT2D eigenvalue weighted by Gasteiger charge is -2.22. The van der Waals surface area contributed by atoms with Crippen LogP contribution in [-0.4, -0.2) is 28.3 Å². The van der Waals surface area contributed by atoms with Crippen LogP contribution in [0, 0.1) is 10.1 Å². The van der Waals surface area contributed by atoms with Gasteiger partial charge in [-0.2, -0.15) is 0 Å². The van der Waals surface area contributed by atoms with E-state index in [1.807, 2.05) is 6.92 Å². The minimum Gasteiger partial charge on any atom is -0.336 e. The van der Waals surface area contributed by atoms with Crippen molar-refractivity contribution in [2.24, 2.45) is 0 Å². The Morgan fingerprint density at radius 1 is 1.45 bits per heavy atom. The van der Waals surface area contributed by atoms with E-state index in [-0.39, 0.29) is 33.2 Å². The van der Waals surface area contributed by atoms with Crippen molar-refractivity contribution in [3.05, 3.63) is 37.9 Å². The molecule has 0 radical (unpaired) electrons. The molecule has 0 spiro atoms. The first-order valence-electron chi connectivity index (χ1n) is 6.40. The standard InChI is InChI=1S/C13H14Cl2N2O3/c1-2-5-16(8-3-4-8)13(18)10-6-9(17(19)20)7-11(14)12(10)15/h6-8H,2-5H2,1H3. The summed E-state index contributed by atoms with van der Waals surface area (Å²) in [6, 6.07) is 2.57. The van der Waals surface area contributed by atoms with Crippen LogP contribution in [0.1, 0.15) is 36.5 Å². The first kappa shape index (κ1) is 15.1. The Morgan fingerprint density at radius 3 is 2.60 bits per heavy atom. The molecule has 1 aliphatic rings. The van der Waals surface area contributed by atoms with Gasteiger partial charge in [0.25, 0.3) is 11.6 Å². The van der Waals surface area contributed by atoms with Crippen LogP contribution >= 0.6 is 23.2 Å². The van der Waals surface area contributed by atoms with Crippen LogP contribution in [0.4, 0.5) is 5.69 Å². The van der Waals surface area contributed by atoms with Gasteiger partial charge in [-0.1, -0.05) is 30.1 Å². The van der Waals surface area contributed by atoms with Gasteiger partial charge in [-0.15, -0.1) is 0 Å². The average Bonchev–Trinajstić information content (AvgIpc) is 3.22. The fourth-order valence-electron chi connectivity index (χ4n) is 2.07. The Labute approximate surface area is 126 Å². The molecule has 5 nitrogen and oxygen atoms in total. The Hall–Kier alpha value is -1.33. The van der Waals surface area contributed by atoms with Crippen molar-refractivity contribution in [2.75, 3.05) is 6.54 Å². The second kappa shape index (κ2) is 5.97. The van der Waals surface area contributed by atoms with E-state index in [4.69, 9.17) is 23.2 Å². The Balaban J connectivity index is 2.39. The molecule has 0 N–H and O–H groups in total. The lowest BCUT2D eigenvalue weighted by molar-refractivity contribution is -0.384. The number of non-ortho nitro benzene ring substituents is 1. The number of hydrogen-bond donors (Lipinski definition) is 0. The van der Waals surface area contributed by atoms with Crippen molar-refractivity contribution in [3.8, 4) is 0 Å². The van der Waals surface area contributed by atoms with Gasteiger partial charge in [0, 0.05) is 24.7 Å². The van der Waals surface area contributed by atoms with Gasteiger partial charge in [0.2, 0.25) is 0 Å². The summed E-state index contributed by atoms with van der Waals surface area (Å²) in [5.74, 6) is -0.287. The number of hydrogen-bond acceptors (Lipinski definition) is 3. The number of nitrogens with zero attached hydrogens (tertiary/aromatic N) is 2. The molecule has 0 aliphatic heterocycles. The summed E-state index contributed by atoms with van der Waals surface area (Å²) in [5.41, 5.74) is -0.124. The van der Waals surface area contributed by atoms with Crippen LogP contribution in [0.2, 0.25) is 10.0 Å². The lowest BCUT2D eigenvalue weighted by Crippen LogP contribution is -2.34. The molecule has 2 rings (SSSR count). The summed E-state index contributed by atoms with van der Waals surface area (Å²) in [6.07, 6.45) is 2.75. The van der Waals surface area contributed by atoms with Crippen molar-refractivity contribution in [3.63, 3.8) is 0 Å². The molecular weight excluding hydrogens is 303 g/mol. The van der Waals surface area contributed by atoms with Crippen molar-refractivity contribution in [2.45, 2.75) is 32.2 Å². The topological polar surface area (TPSA) is 63.5 Å². The molecule has 7 heteroatoms. The third-order valence-electron chi connectivity index (χ3n) is 3.17. The van der Waals surface area contributed by atoms with E-state index in [0.717, 1.165) is 25.3 Å². The molecule has 20 heavy (non-hydrogen) atoms. The Morgan fingerprint density at radius 2 is 2.10 bits per heavy atom. The van der Waals surface area contributed by atoms with E-state index >= 15 is 0 Å². The highest BCUT2D eigenvalue weighted by Gasteiger charge is 2.34. The molecule has 1 fully saturated rings. The molecular formula is C13H14Cl2N2O3. The first-order valence-corrected chi connectivity index (χ1v) is 7.15. The number of nitro benzene ring substituents is 1. The number of nitro groups is 1. The number of halogens is 2. The number of amides is 1. The van der Waals surface area contributed by atoms with Crippen LogP contribution in [-0.2, 0) is 0 Å². The second-order valence-corrected chi connectivity index (χ2v) is 5.56. The average molecular weight is 317 g/mol. The molecule has 108 valence electrons. The van der Waals surface area contributed by atoms with Crippen molar-refractivity contribution in [1.29, 1.82) is 0 Å². The summed E-state index contributed by atoms with van der Waals surface area (Å²) in [7, 11) is 0. The quantitative estimate of drug-likeness (QED) is 0.611. The van der Waals surface area contributed by atoms with E-state index in [1.54, 1.807) is 4.90 Å². The Kier molecular flexibility index (Phi) is 4.50. The molecule has 1 aliphatic carbocycles. The summed E-state index contributed by atoms with van der Waals surface area (Å²) in [5, 5.41) is 11.0. The largest absolute Gasteiger partial charge is 0.336 e. The predicted molar refractivity (Wildman–Crippen MR) is 77.5 cm³/mol. The molecule has 1 aromatic rings. The van der Waals surface area contributed by atoms with Crippen LogP contribution in [0.5, 0.6) is 0 Å². The lowest BCUT2D eigenvalue weighted by atomic mass is 10.1. The zero-order valence-electron chi connectivity index (χ0n) is 10.9. The van der Waals surface area contributed by atoms with Gasteiger partial charge in [0.15, 0.2) is 0 Å². The highest BCUT2D eigenvalue weighted by atomic mass is 35.5. The van der Waals surface area contributed by atoms with Crippen molar-refractivity contribution in [1.82, 2.24) is 4.90 Å². The van der Waals surface area contributed by atoms with Gasteiger partial charge in [-0.25, -0.2) is 0 Å². The monoisotopic (exact) mass is 316 g/mol. The summed E-state index contributed by atoms with van der Waals surface area (Å²) in [6.45, 7) is 2.59. The zero-order chi connectivity index (χ0) is 14.9. The third-order valence-corrected chi connectivity index (χ3v) is 3.97. The molecule has 0 bridgehead atoms. The van der Waals surface area contributed by atoms with Gasteiger partial charge < -0.3 is 4.90 Å². The highest BCUT2D eigenvalue weighted by molar-refractivity contribution is 6.44. The third kappa shape index (κ3) is 3.04. The summed E-state index contributed by atoms with van der Waals surface area (Å²) < 4.78 is 0. The van der Waals surface area contributed by atoms with Gasteiger partial charge in [-0.05, 0) is 19.3 Å². The van der Waals surface area contributed by atoms with Crippen LogP contribution in [0.25, 0.3) is 0 Å². The first-order chi connectivity index (χ1) is 9.45. The van der Waals surface area contributed by atoms with Crippen LogP contribution in [0.15, 0.2) is 12.1 Å². The summed E-state index contributed by atoms with van der Waals surface area (Å²) >= 11 is 11.9. The maximum Gasteiger partial charge on any atom is 0.271 e. The maximum absolute atomic E-state index is 12.5. The van der Waals surface area contributed by atoms with E-state index in [1.165, 1.54) is 6.07 Å². The minimum absolute atomic E-state index is 0.0245. The van der Waals surface area contributed by atoms with Gasteiger partial charge in [0.05, 0.1) is 20.5 Å². The number of carbonyl (C=O) groups excluding carboxylic acids is 1. The van der Waals surface area contributed by atoms with Crippen molar-refractivity contribution < 1.29 is 9.72 Å². The number of rotatable bonds is 5. The fourth-order valence-corrected chi connectivity index (χ4v) is 2.47. The second-order valence-electron chi connectivity index (χ2n) is 4.78. The van der Waals surface area contributed by atoms with Gasteiger partial charge in [0.1, 0.15) is 0 Å². The molecule has 1 aromatic carbocycles. The number of carbonyl (C=O) groups is 1. The normalized spacial score (nSPS) is 14.2. The SMILES string of the molecule is CCCN(C(=O)c1cc([N+](=O)[O-])cc(Cl)c1Cl)C1CC1. The van der Waals surface area contributed by atoms with Crippen molar-refractivity contribution >= 4 is 34.8 Å². The smallest absolute Gasteiger partial charge is 0.271 e. The van der Waals surface area contributed by atoms with E-state index in [9.17, 15) is 14.9 Å². The molecule has 0 heterocycles. The van der Waals surface area contributed by atoms with E-state index < -0.39 is 4.92 Å². The Bertz CT molecular complexity index is 559. The molecule has 0 atom stereocenters. The minimum atomic E-state index is -0.583. The van der Waals surface area contributed by atoms with Gasteiger partial charge >= 0.3 is 0 Å². The fraction of sp³-hybridized carbons (Fsp3) is 0.462. The van der Waals surface area contributed by atoms with E-state index in [0.29, 0.717) is 6.54 Å². The highest BCUT2D eigenvalue weighted by Crippen LogP contribution is 2.34. The van der Waals surface area contributed by atoms with Gasteiger partial charge in [-0.3, -0.25) is 14.9 Å². The zero-order valence-corrected chi connectivity index (χ0v) is 12.4. The van der Waals surface area contributed by atoms with E-state index in [2.05, 4.69) is 0 Å². The molecule has 1 amide bonds. The predicted octanol–water partition coefficient (Wildman–Crippen LogP) is 3.92. The molecule has 0 aromatic heterocycles. The summed E-state index contributed by atoms with van der Waals surface area (Å²) in [4.78, 5) is 24.5. The maximum atomic E-state index is 12.5.